The molecule has 0 aliphatic carbocycles. The number of hydrogen-bond donors (Lipinski definition) is 1. The molecule has 0 rings (SSSR count). The summed E-state index contributed by atoms with van der Waals surface area (Å²) in [6, 6.07) is 0. The van der Waals surface area contributed by atoms with E-state index < -0.39 is 15.4 Å². The maximum Gasteiger partial charge on any atom is 1.00 e. The van der Waals surface area contributed by atoms with Crippen LogP contribution in [0.2, 0.25) is 0 Å². The van der Waals surface area contributed by atoms with E-state index in [9.17, 15) is 18.1 Å². The normalized spacial score (nSPS) is 14.2. The fraction of sp³-hybridized carbons (Fsp3) is 1.00. The van der Waals surface area contributed by atoms with Gasteiger partial charge in [0.25, 0.3) is 0 Å². The topological polar surface area (TPSA) is 77.4 Å². The minimum Gasteiger partial charge on any atom is -0.748 e. The molecule has 0 amide bonds. The van der Waals surface area contributed by atoms with Gasteiger partial charge in [0, 0.05) is 5.25 Å². The molecule has 0 aromatic carbocycles. The molecule has 0 saturated carbocycles. The van der Waals surface area contributed by atoms with Crippen LogP contribution in [0.25, 0.3) is 0 Å². The molecule has 2 unspecified atom stereocenters. The molecule has 0 bridgehead atoms. The first-order valence-electron chi connectivity index (χ1n) is 9.54. The molecule has 0 aromatic heterocycles. The molecule has 2 atom stereocenters. The first-order chi connectivity index (χ1) is 10.9. The number of hydrogen-bond acceptors (Lipinski definition) is 4. The Morgan fingerprint density at radius 1 is 0.750 bits per heavy atom. The van der Waals surface area contributed by atoms with Crippen LogP contribution in [0, 0.1) is 0 Å². The van der Waals surface area contributed by atoms with E-state index in [1.165, 1.54) is 12.8 Å². The third-order valence-electron chi connectivity index (χ3n) is 4.47. The Balaban J connectivity index is 0. The summed E-state index contributed by atoms with van der Waals surface area (Å²) >= 11 is 0. The number of aliphatic hydroxyl groups is 1. The first-order valence-corrected chi connectivity index (χ1v) is 11.0. The van der Waals surface area contributed by atoms with Crippen LogP contribution in [0.3, 0.4) is 0 Å². The molecule has 6 heteroatoms. The van der Waals surface area contributed by atoms with Crippen LogP contribution in [0.1, 0.15) is 104 Å². The van der Waals surface area contributed by atoms with Crippen molar-refractivity contribution in [3.63, 3.8) is 0 Å². The van der Waals surface area contributed by atoms with Crippen molar-refractivity contribution in [2.75, 3.05) is 0 Å². The van der Waals surface area contributed by atoms with Crippen molar-refractivity contribution in [3.05, 3.63) is 0 Å². The summed E-state index contributed by atoms with van der Waals surface area (Å²) in [5.74, 6) is 0. The molecule has 0 aliphatic heterocycles. The molecule has 0 radical (unpaired) electrons. The minimum absolute atomic E-state index is 0. The summed E-state index contributed by atoms with van der Waals surface area (Å²) < 4.78 is 33.3. The van der Waals surface area contributed by atoms with E-state index in [2.05, 4.69) is 6.92 Å². The van der Waals surface area contributed by atoms with E-state index >= 15 is 0 Å². The number of unbranched alkanes of at least 4 members (excludes halogenated alkanes) is 7. The van der Waals surface area contributed by atoms with Crippen molar-refractivity contribution in [3.8, 4) is 0 Å². The van der Waals surface area contributed by atoms with E-state index in [0.717, 1.165) is 64.2 Å². The van der Waals surface area contributed by atoms with Crippen LogP contribution in [0.4, 0.5) is 0 Å². The minimum atomic E-state index is -4.13. The average Bonchev–Trinajstić information content (AvgIpc) is 2.48. The fourth-order valence-corrected chi connectivity index (χ4v) is 3.97. The van der Waals surface area contributed by atoms with Crippen molar-refractivity contribution >= 4 is 10.1 Å². The number of rotatable bonds is 16. The smallest absolute Gasteiger partial charge is 0.748 e. The second kappa shape index (κ2) is 17.9. The van der Waals surface area contributed by atoms with Gasteiger partial charge in [0.1, 0.15) is 0 Å². The van der Waals surface area contributed by atoms with Crippen LogP contribution in [0.15, 0.2) is 0 Å². The van der Waals surface area contributed by atoms with Gasteiger partial charge in [-0.1, -0.05) is 78.1 Å². The van der Waals surface area contributed by atoms with Crippen LogP contribution >= 0.6 is 0 Å². The summed E-state index contributed by atoms with van der Waals surface area (Å²) in [7, 11) is -4.13. The van der Waals surface area contributed by atoms with Crippen molar-refractivity contribution in [1.82, 2.24) is 0 Å². The van der Waals surface area contributed by atoms with E-state index in [0.29, 0.717) is 12.8 Å². The van der Waals surface area contributed by atoms with E-state index in [1.54, 1.807) is 0 Å². The van der Waals surface area contributed by atoms with E-state index in [-0.39, 0.29) is 57.5 Å². The van der Waals surface area contributed by atoms with Crippen LogP contribution in [-0.2, 0) is 10.1 Å². The Morgan fingerprint density at radius 3 is 1.67 bits per heavy atom. The van der Waals surface area contributed by atoms with Gasteiger partial charge in [-0.2, -0.15) is 0 Å². The Hall–Kier alpha value is 1.51. The maximum absolute atomic E-state index is 11.1. The molecule has 0 aliphatic rings. The molecule has 0 spiro atoms. The molecule has 1 N–H and O–H groups in total. The predicted molar refractivity (Wildman–Crippen MR) is 95.5 cm³/mol. The van der Waals surface area contributed by atoms with Crippen molar-refractivity contribution < 1.29 is 69.5 Å². The molecule has 0 saturated heterocycles. The zero-order chi connectivity index (χ0) is 17.6. The Labute approximate surface area is 192 Å². The molecule has 0 fully saturated rings. The summed E-state index contributed by atoms with van der Waals surface area (Å²) in [6.07, 6.45) is 13.2. The van der Waals surface area contributed by atoms with Gasteiger partial charge in [-0.25, -0.2) is 8.42 Å². The fourth-order valence-electron chi connectivity index (χ4n) is 2.99. The van der Waals surface area contributed by atoms with Gasteiger partial charge >= 0.3 is 51.4 Å². The summed E-state index contributed by atoms with van der Waals surface area (Å²) in [6.45, 7) is 4.08. The molecule has 0 aromatic rings. The van der Waals surface area contributed by atoms with Crippen molar-refractivity contribution in [2.24, 2.45) is 0 Å². The molecule has 4 nitrogen and oxygen atoms in total. The Kier molecular flexibility index (Phi) is 20.7. The molecular formula is C18H37KO4S. The summed E-state index contributed by atoms with van der Waals surface area (Å²) in [5, 5.41) is 9.13. The SMILES string of the molecule is CCCCCC(O)CCCCCCCCC(CCC)S(=O)(=O)[O-].[K+]. The molecule has 0 heterocycles. The zero-order valence-electron chi connectivity index (χ0n) is 16.1. The van der Waals surface area contributed by atoms with E-state index in [1.807, 2.05) is 6.92 Å². The van der Waals surface area contributed by atoms with Gasteiger partial charge in [0.05, 0.1) is 16.2 Å². The Bertz CT molecular complexity index is 360. The van der Waals surface area contributed by atoms with Gasteiger partial charge in [-0.05, 0) is 25.7 Å². The van der Waals surface area contributed by atoms with Gasteiger partial charge in [0.15, 0.2) is 0 Å². The molecule has 140 valence electrons. The maximum atomic E-state index is 11.1. The first kappa shape index (κ1) is 27.7. The van der Waals surface area contributed by atoms with Crippen molar-refractivity contribution in [1.29, 1.82) is 0 Å². The zero-order valence-corrected chi connectivity index (χ0v) is 20.1. The van der Waals surface area contributed by atoms with Gasteiger partial charge in [-0.15, -0.1) is 0 Å². The molecule has 24 heavy (non-hydrogen) atoms. The van der Waals surface area contributed by atoms with Gasteiger partial charge in [0.2, 0.25) is 0 Å². The second-order valence-corrected chi connectivity index (χ2v) is 8.40. The summed E-state index contributed by atoms with van der Waals surface area (Å²) in [4.78, 5) is 0. The largest absolute Gasteiger partial charge is 1.00 e. The van der Waals surface area contributed by atoms with Crippen molar-refractivity contribution in [2.45, 2.75) is 115 Å². The van der Waals surface area contributed by atoms with E-state index in [4.69, 9.17) is 0 Å². The van der Waals surface area contributed by atoms with Gasteiger partial charge < -0.3 is 9.66 Å². The summed E-state index contributed by atoms with van der Waals surface area (Å²) in [5.41, 5.74) is 0. The quantitative estimate of drug-likeness (QED) is 0.248. The van der Waals surface area contributed by atoms with Crippen LogP contribution < -0.4 is 51.4 Å². The Morgan fingerprint density at radius 2 is 1.21 bits per heavy atom. The number of aliphatic hydroxyl groups excluding tert-OH is 1. The average molecular weight is 389 g/mol. The molecular weight excluding hydrogens is 351 g/mol. The van der Waals surface area contributed by atoms with Crippen LogP contribution in [-0.4, -0.2) is 29.4 Å². The van der Waals surface area contributed by atoms with Crippen LogP contribution in [0.5, 0.6) is 0 Å². The van der Waals surface area contributed by atoms with Gasteiger partial charge in [-0.3, -0.25) is 0 Å². The predicted octanol–water partition coefficient (Wildman–Crippen LogP) is 1.77. The third kappa shape index (κ3) is 16.9. The third-order valence-corrected chi connectivity index (χ3v) is 5.76. The second-order valence-electron chi connectivity index (χ2n) is 6.75. The monoisotopic (exact) mass is 388 g/mol. The standard InChI is InChI=1S/C18H38O4S.K/c1-3-5-10-14-17(19)15-11-8-6-7-9-12-16-18(13-4-2)23(20,21)22;/h17-19H,3-16H2,1-2H3,(H,20,21,22);/q;+1/p-1.